The minimum Gasteiger partial charge on any atom is -0.363 e. The van der Waals surface area contributed by atoms with E-state index < -0.39 is 0 Å². The van der Waals surface area contributed by atoms with E-state index in [1.165, 1.54) is 10.9 Å². The number of rotatable bonds is 3. The maximum Gasteiger partial charge on any atom is 0.161 e. The minimum atomic E-state index is 0.0912. The lowest BCUT2D eigenvalue weighted by atomic mass is 10.0. The van der Waals surface area contributed by atoms with Crippen LogP contribution in [0.5, 0.6) is 0 Å². The Balaban J connectivity index is 1.76. The van der Waals surface area contributed by atoms with Crippen LogP contribution in [0.25, 0.3) is 21.8 Å². The number of fused-ring (bicyclic) bond motifs is 2. The molecule has 6 heteroatoms. The van der Waals surface area contributed by atoms with Crippen molar-refractivity contribution in [3.8, 4) is 0 Å². The van der Waals surface area contributed by atoms with E-state index in [2.05, 4.69) is 55.6 Å². The number of H-pyrrole nitrogens is 1. The lowest BCUT2D eigenvalue weighted by Crippen LogP contribution is -2.09. The summed E-state index contributed by atoms with van der Waals surface area (Å²) in [5.74, 6) is 1.50. The van der Waals surface area contributed by atoms with Crippen molar-refractivity contribution in [2.45, 2.75) is 19.9 Å². The molecule has 0 aliphatic heterocycles. The van der Waals surface area contributed by atoms with Gasteiger partial charge in [0, 0.05) is 17.8 Å². The van der Waals surface area contributed by atoms with Gasteiger partial charge in [0.15, 0.2) is 5.65 Å². The van der Waals surface area contributed by atoms with Gasteiger partial charge in [0.25, 0.3) is 0 Å². The number of pyridine rings is 1. The second-order valence-electron chi connectivity index (χ2n) is 5.56. The Morgan fingerprint density at radius 2 is 2.00 bits per heavy atom. The summed E-state index contributed by atoms with van der Waals surface area (Å²) < 4.78 is 0. The minimum absolute atomic E-state index is 0.0912. The van der Waals surface area contributed by atoms with Crippen molar-refractivity contribution >= 4 is 27.6 Å². The Hall–Kier alpha value is -3.02. The van der Waals surface area contributed by atoms with Crippen LogP contribution in [0.15, 0.2) is 42.9 Å². The molecule has 114 valence electrons. The molecule has 2 N–H and O–H groups in total. The van der Waals surface area contributed by atoms with E-state index >= 15 is 0 Å². The van der Waals surface area contributed by atoms with E-state index in [1.54, 1.807) is 6.20 Å². The number of anilines is 1. The Morgan fingerprint density at radius 1 is 1.09 bits per heavy atom. The van der Waals surface area contributed by atoms with Gasteiger partial charge in [-0.3, -0.25) is 10.1 Å². The van der Waals surface area contributed by atoms with Crippen LogP contribution in [0.1, 0.15) is 24.4 Å². The summed E-state index contributed by atoms with van der Waals surface area (Å²) in [5.41, 5.74) is 1.95. The smallest absolute Gasteiger partial charge is 0.161 e. The van der Waals surface area contributed by atoms with Crippen molar-refractivity contribution in [2.24, 2.45) is 0 Å². The average molecular weight is 304 g/mol. The Bertz CT molecular complexity index is 985. The summed E-state index contributed by atoms with van der Waals surface area (Å²) in [6.45, 7) is 4.00. The van der Waals surface area contributed by atoms with Crippen LogP contribution < -0.4 is 5.32 Å². The third-order valence-electron chi connectivity index (χ3n) is 3.96. The number of aromatic nitrogens is 5. The third-order valence-corrected chi connectivity index (χ3v) is 3.96. The van der Waals surface area contributed by atoms with E-state index in [1.807, 2.05) is 25.4 Å². The van der Waals surface area contributed by atoms with Crippen LogP contribution in [0.4, 0.5) is 5.82 Å². The van der Waals surface area contributed by atoms with Crippen molar-refractivity contribution in [3.05, 3.63) is 54.2 Å². The lowest BCUT2D eigenvalue weighted by Gasteiger charge is -2.17. The first-order valence-electron chi connectivity index (χ1n) is 7.49. The molecule has 0 saturated carbocycles. The fraction of sp³-hybridized carbons (Fsp3) is 0.176. The molecule has 1 atom stereocenters. The second-order valence-corrected chi connectivity index (χ2v) is 5.56. The molecule has 0 fully saturated rings. The summed E-state index contributed by atoms with van der Waals surface area (Å²) in [7, 11) is 0. The van der Waals surface area contributed by atoms with Crippen molar-refractivity contribution in [2.75, 3.05) is 5.32 Å². The summed E-state index contributed by atoms with van der Waals surface area (Å²) in [4.78, 5) is 13.1. The Labute approximate surface area is 133 Å². The first-order valence-corrected chi connectivity index (χ1v) is 7.49. The number of aromatic amines is 1. The molecule has 6 nitrogen and oxygen atoms in total. The van der Waals surface area contributed by atoms with Gasteiger partial charge in [0.2, 0.25) is 0 Å². The zero-order chi connectivity index (χ0) is 15.8. The molecule has 0 spiro atoms. The van der Waals surface area contributed by atoms with Crippen molar-refractivity contribution in [1.82, 2.24) is 25.1 Å². The molecule has 0 radical (unpaired) electrons. The summed E-state index contributed by atoms with van der Waals surface area (Å²) in [6, 6.07) is 8.38. The predicted octanol–water partition coefficient (Wildman–Crippen LogP) is 3.38. The van der Waals surface area contributed by atoms with E-state index in [4.69, 9.17) is 0 Å². The third kappa shape index (κ3) is 2.38. The molecular formula is C17H16N6. The van der Waals surface area contributed by atoms with Gasteiger partial charge < -0.3 is 5.32 Å². The van der Waals surface area contributed by atoms with Crippen LogP contribution in [-0.4, -0.2) is 25.1 Å². The topological polar surface area (TPSA) is 79.4 Å². The van der Waals surface area contributed by atoms with Gasteiger partial charge in [-0.2, -0.15) is 5.10 Å². The summed E-state index contributed by atoms with van der Waals surface area (Å²) in [5, 5.41) is 13.7. The van der Waals surface area contributed by atoms with Gasteiger partial charge in [-0.15, -0.1) is 0 Å². The quantitative estimate of drug-likeness (QED) is 0.606. The lowest BCUT2D eigenvalue weighted by molar-refractivity contribution is 0.880. The molecule has 4 aromatic rings. The summed E-state index contributed by atoms with van der Waals surface area (Å²) >= 11 is 0. The average Bonchev–Trinajstić information content (AvgIpc) is 3.02. The highest BCUT2D eigenvalue weighted by molar-refractivity contribution is 5.88. The van der Waals surface area contributed by atoms with Crippen molar-refractivity contribution in [3.63, 3.8) is 0 Å². The Morgan fingerprint density at radius 3 is 2.91 bits per heavy atom. The highest BCUT2D eigenvalue weighted by atomic mass is 15.2. The van der Waals surface area contributed by atoms with E-state index in [0.29, 0.717) is 5.82 Å². The van der Waals surface area contributed by atoms with E-state index in [9.17, 15) is 0 Å². The highest BCUT2D eigenvalue weighted by Crippen LogP contribution is 2.28. The van der Waals surface area contributed by atoms with Gasteiger partial charge in [-0.1, -0.05) is 18.2 Å². The SMILES string of the molecule is Cc1nc(N[C@H](C)c2cccc3cnccc23)c2cn[nH]c2n1. The zero-order valence-corrected chi connectivity index (χ0v) is 12.9. The molecule has 4 rings (SSSR count). The first-order chi connectivity index (χ1) is 11.2. The largest absolute Gasteiger partial charge is 0.363 e. The van der Waals surface area contributed by atoms with Crippen LogP contribution in [0, 0.1) is 6.92 Å². The fourth-order valence-electron chi connectivity index (χ4n) is 2.86. The van der Waals surface area contributed by atoms with Crippen molar-refractivity contribution < 1.29 is 0 Å². The molecule has 0 aliphatic carbocycles. The molecule has 1 aromatic carbocycles. The normalized spacial score (nSPS) is 12.6. The number of nitrogens with one attached hydrogen (secondary N) is 2. The number of nitrogens with zero attached hydrogens (tertiary/aromatic N) is 4. The number of hydrogen-bond acceptors (Lipinski definition) is 5. The molecule has 3 heterocycles. The fourth-order valence-corrected chi connectivity index (χ4v) is 2.86. The molecule has 3 aromatic heterocycles. The van der Waals surface area contributed by atoms with Gasteiger partial charge >= 0.3 is 0 Å². The van der Waals surface area contributed by atoms with Crippen molar-refractivity contribution in [1.29, 1.82) is 0 Å². The van der Waals surface area contributed by atoms with Crippen LogP contribution in [0.2, 0.25) is 0 Å². The van der Waals surface area contributed by atoms with Crippen LogP contribution >= 0.6 is 0 Å². The number of benzene rings is 1. The first kappa shape index (κ1) is 13.6. The summed E-state index contributed by atoms with van der Waals surface area (Å²) in [6.07, 6.45) is 5.45. The molecule has 0 bridgehead atoms. The van der Waals surface area contributed by atoms with Crippen LogP contribution in [0.3, 0.4) is 0 Å². The van der Waals surface area contributed by atoms with E-state index in [0.717, 1.165) is 22.2 Å². The highest BCUT2D eigenvalue weighted by Gasteiger charge is 2.13. The van der Waals surface area contributed by atoms with Gasteiger partial charge in [-0.05, 0) is 30.9 Å². The maximum absolute atomic E-state index is 4.52. The standard InChI is InChI=1S/C17H16N6/c1-10(13-5-3-4-12-8-18-7-6-14(12)13)20-16-15-9-19-23-17(15)22-11(2)21-16/h3-10H,1-2H3,(H2,19,20,21,22,23)/t10-/m1/s1. The van der Waals surface area contributed by atoms with Gasteiger partial charge in [0.05, 0.1) is 17.6 Å². The number of aryl methyl sites for hydroxylation is 1. The second kappa shape index (κ2) is 5.31. The van der Waals surface area contributed by atoms with Crippen LogP contribution in [-0.2, 0) is 0 Å². The Kier molecular flexibility index (Phi) is 3.15. The van der Waals surface area contributed by atoms with Gasteiger partial charge in [0.1, 0.15) is 11.6 Å². The molecule has 0 aliphatic rings. The molecular weight excluding hydrogens is 288 g/mol. The number of hydrogen-bond donors (Lipinski definition) is 2. The van der Waals surface area contributed by atoms with E-state index in [-0.39, 0.29) is 6.04 Å². The molecule has 0 amide bonds. The maximum atomic E-state index is 4.52. The molecule has 23 heavy (non-hydrogen) atoms. The monoisotopic (exact) mass is 304 g/mol. The zero-order valence-electron chi connectivity index (χ0n) is 12.9. The molecule has 0 unspecified atom stereocenters. The predicted molar refractivity (Wildman–Crippen MR) is 90.2 cm³/mol. The van der Waals surface area contributed by atoms with Gasteiger partial charge in [-0.25, -0.2) is 9.97 Å². The molecule has 0 saturated heterocycles.